The lowest BCUT2D eigenvalue weighted by Crippen LogP contribution is -2.20. The van der Waals surface area contributed by atoms with Crippen LogP contribution in [0.5, 0.6) is 0 Å². The summed E-state index contributed by atoms with van der Waals surface area (Å²) >= 11 is 5.12. The van der Waals surface area contributed by atoms with Gasteiger partial charge in [-0.15, -0.1) is 11.3 Å². The van der Waals surface area contributed by atoms with E-state index in [2.05, 4.69) is 28.9 Å². The van der Waals surface area contributed by atoms with E-state index in [9.17, 15) is 5.11 Å². The molecule has 1 fully saturated rings. The Bertz CT molecular complexity index is 336. The average Bonchev–Trinajstić information content (AvgIpc) is 2.75. The molecule has 0 aromatic carbocycles. The summed E-state index contributed by atoms with van der Waals surface area (Å²) in [5.74, 6) is 1.31. The van der Waals surface area contributed by atoms with Gasteiger partial charge in [0.25, 0.3) is 0 Å². The zero-order chi connectivity index (χ0) is 11.5. The number of rotatable bonds is 3. The summed E-state index contributed by atoms with van der Waals surface area (Å²) in [7, 11) is 0. The topological polar surface area (TPSA) is 20.2 Å². The summed E-state index contributed by atoms with van der Waals surface area (Å²) in [4.78, 5) is 1.12. The molecular weight excluding hydrogens is 284 g/mol. The number of thiophene rings is 1. The maximum Gasteiger partial charge on any atom is 0.0910 e. The molecule has 2 rings (SSSR count). The Balaban J connectivity index is 2.01. The normalized spacial score (nSPS) is 27.9. The molecule has 1 N–H and O–H groups in total. The first-order valence-electron chi connectivity index (χ1n) is 6.14. The van der Waals surface area contributed by atoms with E-state index in [0.717, 1.165) is 14.6 Å². The van der Waals surface area contributed by atoms with E-state index >= 15 is 0 Å². The molecule has 0 spiro atoms. The molecule has 1 aliphatic carbocycles. The molecule has 0 radical (unpaired) electrons. The fourth-order valence-electron chi connectivity index (χ4n) is 2.71. The van der Waals surface area contributed by atoms with Gasteiger partial charge in [0.1, 0.15) is 0 Å². The van der Waals surface area contributed by atoms with Gasteiger partial charge in [-0.05, 0) is 52.7 Å². The first-order valence-corrected chi connectivity index (χ1v) is 7.75. The maximum absolute atomic E-state index is 10.4. The standard InChI is InChI=1S/C13H19BrOS/c1-2-9-4-3-5-10(8-9)13(15)11-6-7-12(14)16-11/h6-7,9-10,13,15H,2-5,8H2,1H3. The third-order valence-corrected chi connectivity index (χ3v) is 5.43. The Morgan fingerprint density at radius 2 is 2.31 bits per heavy atom. The molecule has 1 aromatic rings. The van der Waals surface area contributed by atoms with Crippen LogP contribution in [0.2, 0.25) is 0 Å². The molecule has 0 amide bonds. The molecule has 1 aliphatic rings. The number of hydrogen-bond donors (Lipinski definition) is 1. The van der Waals surface area contributed by atoms with E-state index in [0.29, 0.717) is 5.92 Å². The first kappa shape index (κ1) is 12.6. The van der Waals surface area contributed by atoms with Gasteiger partial charge in [0.2, 0.25) is 0 Å². The molecule has 3 unspecified atom stereocenters. The third-order valence-electron chi connectivity index (χ3n) is 3.73. The van der Waals surface area contributed by atoms with Gasteiger partial charge in [-0.25, -0.2) is 0 Å². The summed E-state index contributed by atoms with van der Waals surface area (Å²) in [6, 6.07) is 4.08. The minimum Gasteiger partial charge on any atom is -0.387 e. The van der Waals surface area contributed by atoms with Gasteiger partial charge in [-0.1, -0.05) is 26.2 Å². The van der Waals surface area contributed by atoms with Crippen molar-refractivity contribution in [2.75, 3.05) is 0 Å². The smallest absolute Gasteiger partial charge is 0.0910 e. The molecule has 1 saturated carbocycles. The first-order chi connectivity index (χ1) is 7.70. The molecule has 0 saturated heterocycles. The number of hydrogen-bond acceptors (Lipinski definition) is 2. The van der Waals surface area contributed by atoms with Crippen molar-refractivity contribution >= 4 is 27.3 Å². The van der Waals surface area contributed by atoms with Gasteiger partial charge < -0.3 is 5.11 Å². The van der Waals surface area contributed by atoms with E-state index in [1.54, 1.807) is 11.3 Å². The van der Waals surface area contributed by atoms with Crippen LogP contribution in [0.3, 0.4) is 0 Å². The molecule has 1 heterocycles. The van der Waals surface area contributed by atoms with Crippen molar-refractivity contribution in [3.05, 3.63) is 20.8 Å². The van der Waals surface area contributed by atoms with E-state index in [4.69, 9.17) is 0 Å². The molecule has 1 aromatic heterocycles. The van der Waals surface area contributed by atoms with Crippen LogP contribution in [0.25, 0.3) is 0 Å². The SMILES string of the molecule is CCC1CCCC(C(O)c2ccc(Br)s2)C1. The van der Waals surface area contributed by atoms with Gasteiger partial charge in [0.05, 0.1) is 9.89 Å². The quantitative estimate of drug-likeness (QED) is 0.853. The molecule has 0 aliphatic heterocycles. The van der Waals surface area contributed by atoms with E-state index < -0.39 is 0 Å². The van der Waals surface area contributed by atoms with E-state index in [-0.39, 0.29) is 6.10 Å². The summed E-state index contributed by atoms with van der Waals surface area (Å²) in [6.07, 6.45) is 6.05. The predicted molar refractivity (Wildman–Crippen MR) is 72.7 cm³/mol. The van der Waals surface area contributed by atoms with Gasteiger partial charge in [-0.2, -0.15) is 0 Å². The molecular formula is C13H19BrOS. The van der Waals surface area contributed by atoms with E-state index in [1.165, 1.54) is 32.1 Å². The monoisotopic (exact) mass is 302 g/mol. The van der Waals surface area contributed by atoms with Gasteiger partial charge in [0, 0.05) is 4.88 Å². The molecule has 16 heavy (non-hydrogen) atoms. The molecule has 0 bridgehead atoms. The highest BCUT2D eigenvalue weighted by Crippen LogP contribution is 2.40. The molecule has 90 valence electrons. The summed E-state index contributed by atoms with van der Waals surface area (Å²) < 4.78 is 1.12. The minimum absolute atomic E-state index is 0.245. The zero-order valence-corrected chi connectivity index (χ0v) is 12.1. The van der Waals surface area contributed by atoms with E-state index in [1.807, 2.05) is 6.07 Å². The zero-order valence-electron chi connectivity index (χ0n) is 9.66. The number of halogens is 1. The maximum atomic E-state index is 10.4. The lowest BCUT2D eigenvalue weighted by Gasteiger charge is -2.31. The van der Waals surface area contributed by atoms with Gasteiger partial charge >= 0.3 is 0 Å². The highest BCUT2D eigenvalue weighted by molar-refractivity contribution is 9.11. The van der Waals surface area contributed by atoms with Crippen LogP contribution in [0, 0.1) is 11.8 Å². The lowest BCUT2D eigenvalue weighted by molar-refractivity contribution is 0.0705. The van der Waals surface area contributed by atoms with Crippen LogP contribution in [-0.4, -0.2) is 5.11 Å². The molecule has 3 heteroatoms. The fourth-order valence-corrected chi connectivity index (χ4v) is 4.21. The van der Waals surface area contributed by atoms with Crippen molar-refractivity contribution in [2.24, 2.45) is 11.8 Å². The van der Waals surface area contributed by atoms with Crippen LogP contribution < -0.4 is 0 Å². The Hall–Kier alpha value is 0.140. The van der Waals surface area contributed by atoms with Crippen LogP contribution in [0.15, 0.2) is 15.9 Å². The summed E-state index contributed by atoms with van der Waals surface area (Å²) in [5, 5.41) is 10.4. The van der Waals surface area contributed by atoms with Crippen LogP contribution in [0.1, 0.15) is 50.0 Å². The highest BCUT2D eigenvalue weighted by atomic mass is 79.9. The molecule has 3 atom stereocenters. The Morgan fingerprint density at radius 3 is 2.94 bits per heavy atom. The lowest BCUT2D eigenvalue weighted by atomic mass is 9.77. The van der Waals surface area contributed by atoms with Crippen molar-refractivity contribution in [3.63, 3.8) is 0 Å². The second-order valence-electron chi connectivity index (χ2n) is 4.79. The third kappa shape index (κ3) is 2.88. The second-order valence-corrected chi connectivity index (χ2v) is 7.28. The van der Waals surface area contributed by atoms with Gasteiger partial charge in [-0.3, -0.25) is 0 Å². The average molecular weight is 303 g/mol. The number of aliphatic hydroxyl groups excluding tert-OH is 1. The second kappa shape index (κ2) is 5.65. The number of aliphatic hydroxyl groups is 1. The van der Waals surface area contributed by atoms with Crippen molar-refractivity contribution in [1.82, 2.24) is 0 Å². The van der Waals surface area contributed by atoms with Crippen molar-refractivity contribution in [3.8, 4) is 0 Å². The van der Waals surface area contributed by atoms with Crippen molar-refractivity contribution in [1.29, 1.82) is 0 Å². The Morgan fingerprint density at radius 1 is 1.50 bits per heavy atom. The Kier molecular flexibility index (Phi) is 4.45. The summed E-state index contributed by atoms with van der Waals surface area (Å²) in [6.45, 7) is 2.27. The summed E-state index contributed by atoms with van der Waals surface area (Å²) in [5.41, 5.74) is 0. The molecule has 1 nitrogen and oxygen atoms in total. The van der Waals surface area contributed by atoms with Crippen LogP contribution in [0.4, 0.5) is 0 Å². The minimum atomic E-state index is -0.245. The highest BCUT2D eigenvalue weighted by Gasteiger charge is 2.28. The fraction of sp³-hybridized carbons (Fsp3) is 0.692. The van der Waals surface area contributed by atoms with Crippen molar-refractivity contribution in [2.45, 2.75) is 45.1 Å². The predicted octanol–water partition coefficient (Wildman–Crippen LogP) is 4.76. The van der Waals surface area contributed by atoms with Crippen molar-refractivity contribution < 1.29 is 5.11 Å². The largest absolute Gasteiger partial charge is 0.387 e. The Labute approximate surface area is 110 Å². The van der Waals surface area contributed by atoms with Crippen LogP contribution >= 0.6 is 27.3 Å². The van der Waals surface area contributed by atoms with Crippen LogP contribution in [-0.2, 0) is 0 Å². The van der Waals surface area contributed by atoms with Gasteiger partial charge in [0.15, 0.2) is 0 Å².